The van der Waals surface area contributed by atoms with Gasteiger partial charge in [-0.05, 0) is 48.7 Å². The molecule has 170 valence electrons. The van der Waals surface area contributed by atoms with E-state index >= 15 is 0 Å². The van der Waals surface area contributed by atoms with Crippen LogP contribution >= 0.6 is 0 Å². The number of hydrogen-bond acceptors (Lipinski definition) is 6. The molecular weight excluding hydrogens is 406 g/mol. The van der Waals surface area contributed by atoms with Crippen molar-refractivity contribution in [2.24, 2.45) is 5.10 Å². The van der Waals surface area contributed by atoms with Gasteiger partial charge in [-0.3, -0.25) is 9.69 Å². The van der Waals surface area contributed by atoms with Crippen LogP contribution in [-0.2, 0) is 9.53 Å². The number of ether oxygens (including phenoxy) is 3. The van der Waals surface area contributed by atoms with Crippen LogP contribution in [0.2, 0.25) is 0 Å². The van der Waals surface area contributed by atoms with Crippen molar-refractivity contribution in [1.29, 1.82) is 0 Å². The highest BCUT2D eigenvalue weighted by Gasteiger charge is 2.35. The van der Waals surface area contributed by atoms with Gasteiger partial charge in [-0.25, -0.2) is 5.01 Å². The summed E-state index contributed by atoms with van der Waals surface area (Å²) in [7, 11) is 3.27. The van der Waals surface area contributed by atoms with Crippen molar-refractivity contribution in [3.63, 3.8) is 0 Å². The maximum absolute atomic E-state index is 13.4. The minimum atomic E-state index is -0.235. The standard InChI is InChI=1S/C25H31N3O4/c1-17-5-6-19(13-18(17)2)22-15-23(21-8-7-20(30-3)14-24(21)31-4)28(26-22)25(29)16-27-9-11-32-12-10-27/h5-8,13-14,23H,9-12,15-16H2,1-4H3. The molecule has 0 N–H and O–H groups in total. The molecule has 0 radical (unpaired) electrons. The minimum Gasteiger partial charge on any atom is -0.497 e. The molecule has 2 aliphatic rings. The number of methoxy groups -OCH3 is 2. The smallest absolute Gasteiger partial charge is 0.257 e. The van der Waals surface area contributed by atoms with E-state index in [9.17, 15) is 4.79 Å². The highest BCUT2D eigenvalue weighted by atomic mass is 16.5. The second-order valence-electron chi connectivity index (χ2n) is 8.30. The van der Waals surface area contributed by atoms with Gasteiger partial charge in [0.15, 0.2) is 0 Å². The second kappa shape index (κ2) is 9.71. The third kappa shape index (κ3) is 4.64. The molecule has 1 saturated heterocycles. The van der Waals surface area contributed by atoms with E-state index in [0.717, 1.165) is 29.9 Å². The van der Waals surface area contributed by atoms with Gasteiger partial charge >= 0.3 is 0 Å². The average molecular weight is 438 g/mol. The van der Waals surface area contributed by atoms with Crippen molar-refractivity contribution in [3.8, 4) is 11.5 Å². The number of hydrazone groups is 1. The van der Waals surface area contributed by atoms with Crippen LogP contribution in [0.15, 0.2) is 41.5 Å². The highest BCUT2D eigenvalue weighted by molar-refractivity contribution is 6.03. The third-order valence-electron chi connectivity index (χ3n) is 6.27. The third-order valence-corrected chi connectivity index (χ3v) is 6.27. The van der Waals surface area contributed by atoms with Crippen molar-refractivity contribution >= 4 is 11.6 Å². The van der Waals surface area contributed by atoms with Gasteiger partial charge in [0.2, 0.25) is 0 Å². The Bertz CT molecular complexity index is 1010. The van der Waals surface area contributed by atoms with Crippen molar-refractivity contribution in [3.05, 3.63) is 58.7 Å². The lowest BCUT2D eigenvalue weighted by atomic mass is 9.96. The van der Waals surface area contributed by atoms with Gasteiger partial charge in [0.25, 0.3) is 5.91 Å². The van der Waals surface area contributed by atoms with Crippen molar-refractivity contribution < 1.29 is 19.0 Å². The molecule has 1 amide bonds. The molecule has 0 aromatic heterocycles. The molecule has 0 aliphatic carbocycles. The molecule has 2 aromatic carbocycles. The Kier molecular flexibility index (Phi) is 6.77. The quantitative estimate of drug-likeness (QED) is 0.694. The molecule has 7 heteroatoms. The van der Waals surface area contributed by atoms with E-state index in [1.807, 2.05) is 18.2 Å². The zero-order valence-corrected chi connectivity index (χ0v) is 19.3. The van der Waals surface area contributed by atoms with Gasteiger partial charge in [-0.15, -0.1) is 0 Å². The largest absolute Gasteiger partial charge is 0.497 e. The Hall–Kier alpha value is -2.90. The van der Waals surface area contributed by atoms with E-state index < -0.39 is 0 Å². The summed E-state index contributed by atoms with van der Waals surface area (Å²) in [4.78, 5) is 15.5. The van der Waals surface area contributed by atoms with Gasteiger partial charge < -0.3 is 14.2 Å². The molecule has 7 nitrogen and oxygen atoms in total. The second-order valence-corrected chi connectivity index (χ2v) is 8.30. The molecule has 2 aromatic rings. The average Bonchev–Trinajstić information content (AvgIpc) is 3.26. The molecular formula is C25H31N3O4. The van der Waals surface area contributed by atoms with Crippen molar-refractivity contribution in [2.75, 3.05) is 47.1 Å². The van der Waals surface area contributed by atoms with Gasteiger partial charge in [0.1, 0.15) is 11.5 Å². The molecule has 4 rings (SSSR count). The molecule has 2 heterocycles. The van der Waals surface area contributed by atoms with Gasteiger partial charge in [-0.2, -0.15) is 5.10 Å². The SMILES string of the molecule is COc1ccc(C2CC(c3ccc(C)c(C)c3)=NN2C(=O)CN2CCOCC2)c(OC)c1. The van der Waals surface area contributed by atoms with E-state index in [0.29, 0.717) is 37.7 Å². The maximum Gasteiger partial charge on any atom is 0.257 e. The summed E-state index contributed by atoms with van der Waals surface area (Å²) >= 11 is 0. The number of amides is 1. The summed E-state index contributed by atoms with van der Waals surface area (Å²) in [5.74, 6) is 1.38. The number of hydrogen-bond donors (Lipinski definition) is 0. The Morgan fingerprint density at radius 2 is 1.84 bits per heavy atom. The van der Waals surface area contributed by atoms with Crippen LogP contribution < -0.4 is 9.47 Å². The lowest BCUT2D eigenvalue weighted by molar-refractivity contribution is -0.135. The van der Waals surface area contributed by atoms with Gasteiger partial charge in [-0.1, -0.05) is 12.1 Å². The zero-order chi connectivity index (χ0) is 22.7. The lowest BCUT2D eigenvalue weighted by Gasteiger charge is -2.29. The monoisotopic (exact) mass is 437 g/mol. The summed E-state index contributed by atoms with van der Waals surface area (Å²) in [5.41, 5.74) is 5.33. The number of rotatable bonds is 6. The van der Waals surface area contributed by atoms with Crippen LogP contribution in [-0.4, -0.2) is 68.6 Å². The van der Waals surface area contributed by atoms with Crippen molar-refractivity contribution in [2.45, 2.75) is 26.3 Å². The summed E-state index contributed by atoms with van der Waals surface area (Å²) in [5, 5.41) is 6.47. The Morgan fingerprint density at radius 3 is 2.53 bits per heavy atom. The molecule has 2 aliphatic heterocycles. The van der Waals surface area contributed by atoms with Gasteiger partial charge in [0.05, 0.1) is 45.7 Å². The number of nitrogens with zero attached hydrogens (tertiary/aromatic N) is 3. The van der Waals surface area contributed by atoms with Gasteiger partial charge in [0, 0.05) is 31.1 Å². The minimum absolute atomic E-state index is 0.0198. The lowest BCUT2D eigenvalue weighted by Crippen LogP contribution is -2.43. The number of benzene rings is 2. The fraction of sp³-hybridized carbons (Fsp3) is 0.440. The summed E-state index contributed by atoms with van der Waals surface area (Å²) in [6.45, 7) is 7.33. The van der Waals surface area contributed by atoms with E-state index in [-0.39, 0.29) is 11.9 Å². The predicted molar refractivity (Wildman–Crippen MR) is 123 cm³/mol. The van der Waals surface area contributed by atoms with Crippen LogP contribution in [0, 0.1) is 13.8 Å². The molecule has 1 unspecified atom stereocenters. The molecule has 0 spiro atoms. The molecule has 1 fully saturated rings. The summed E-state index contributed by atoms with van der Waals surface area (Å²) < 4.78 is 16.4. The van der Waals surface area contributed by atoms with E-state index in [1.165, 1.54) is 11.1 Å². The number of carbonyl (C=O) groups is 1. The first-order valence-electron chi connectivity index (χ1n) is 11.0. The normalized spacial score (nSPS) is 19.1. The van der Waals surface area contributed by atoms with Crippen LogP contribution in [0.5, 0.6) is 11.5 Å². The number of morpholine rings is 1. The highest BCUT2D eigenvalue weighted by Crippen LogP contribution is 2.39. The van der Waals surface area contributed by atoms with Crippen LogP contribution in [0.25, 0.3) is 0 Å². The summed E-state index contributed by atoms with van der Waals surface area (Å²) in [6, 6.07) is 11.8. The Morgan fingerprint density at radius 1 is 1.06 bits per heavy atom. The number of aryl methyl sites for hydroxylation is 2. The topological polar surface area (TPSA) is 63.6 Å². The molecule has 0 bridgehead atoms. The predicted octanol–water partition coefficient (Wildman–Crippen LogP) is 3.33. The Labute approximate surface area is 189 Å². The summed E-state index contributed by atoms with van der Waals surface area (Å²) in [6.07, 6.45) is 0.625. The van der Waals surface area contributed by atoms with Crippen LogP contribution in [0.1, 0.15) is 34.7 Å². The van der Waals surface area contributed by atoms with E-state index in [1.54, 1.807) is 19.2 Å². The molecule has 0 saturated carbocycles. The molecule has 32 heavy (non-hydrogen) atoms. The fourth-order valence-corrected chi connectivity index (χ4v) is 4.19. The van der Waals surface area contributed by atoms with E-state index in [4.69, 9.17) is 19.3 Å². The van der Waals surface area contributed by atoms with Crippen molar-refractivity contribution in [1.82, 2.24) is 9.91 Å². The first-order valence-corrected chi connectivity index (χ1v) is 11.0. The maximum atomic E-state index is 13.4. The first kappa shape index (κ1) is 22.3. The van der Waals surface area contributed by atoms with Crippen LogP contribution in [0.4, 0.5) is 0 Å². The first-order chi connectivity index (χ1) is 15.5. The van der Waals surface area contributed by atoms with Crippen LogP contribution in [0.3, 0.4) is 0 Å². The van der Waals surface area contributed by atoms with E-state index in [2.05, 4.69) is 36.9 Å². The fourth-order valence-electron chi connectivity index (χ4n) is 4.19. The Balaban J connectivity index is 1.67. The molecule has 1 atom stereocenters. The zero-order valence-electron chi connectivity index (χ0n) is 19.3. The number of carbonyl (C=O) groups excluding carboxylic acids is 1.